The van der Waals surface area contributed by atoms with Gasteiger partial charge in [-0.15, -0.1) is 0 Å². The molecule has 1 aromatic rings. The molecule has 0 aromatic heterocycles. The molecule has 0 saturated heterocycles. The van der Waals surface area contributed by atoms with Crippen molar-refractivity contribution >= 4 is 0 Å². The van der Waals surface area contributed by atoms with Crippen molar-refractivity contribution in [3.63, 3.8) is 0 Å². The standard InChI is InChI=1S/C16H26/c1-5-7-13(3)12-15-8-10-16(11-9-15)14(4)6-2/h8-11,13-14H,5-7,12H2,1-4H3. The van der Waals surface area contributed by atoms with Crippen LogP contribution in [-0.2, 0) is 6.42 Å². The van der Waals surface area contributed by atoms with Crippen LogP contribution in [0.5, 0.6) is 0 Å². The fraction of sp³-hybridized carbons (Fsp3) is 0.625. The lowest BCUT2D eigenvalue weighted by molar-refractivity contribution is 0.522. The monoisotopic (exact) mass is 218 g/mol. The minimum Gasteiger partial charge on any atom is -0.0654 e. The highest BCUT2D eigenvalue weighted by Crippen LogP contribution is 2.20. The highest BCUT2D eigenvalue weighted by atomic mass is 14.1. The highest BCUT2D eigenvalue weighted by molar-refractivity contribution is 5.25. The van der Waals surface area contributed by atoms with E-state index in [9.17, 15) is 0 Å². The Labute approximate surface area is 101 Å². The summed E-state index contributed by atoms with van der Waals surface area (Å²) in [5, 5.41) is 0. The van der Waals surface area contributed by atoms with Crippen LogP contribution in [0.2, 0.25) is 0 Å². The number of hydrogen-bond donors (Lipinski definition) is 0. The van der Waals surface area contributed by atoms with Gasteiger partial charge >= 0.3 is 0 Å². The third-order valence-corrected chi connectivity index (χ3v) is 3.53. The van der Waals surface area contributed by atoms with Gasteiger partial charge in [-0.2, -0.15) is 0 Å². The Balaban J connectivity index is 2.57. The summed E-state index contributed by atoms with van der Waals surface area (Å²) in [5.41, 5.74) is 2.97. The summed E-state index contributed by atoms with van der Waals surface area (Å²) in [6.07, 6.45) is 5.10. The minimum absolute atomic E-state index is 0.696. The van der Waals surface area contributed by atoms with Crippen molar-refractivity contribution < 1.29 is 0 Å². The fourth-order valence-corrected chi connectivity index (χ4v) is 2.22. The lowest BCUT2D eigenvalue weighted by Crippen LogP contribution is -1.99. The molecule has 1 rings (SSSR count). The fourth-order valence-electron chi connectivity index (χ4n) is 2.22. The van der Waals surface area contributed by atoms with E-state index in [-0.39, 0.29) is 0 Å². The molecule has 0 nitrogen and oxygen atoms in total. The van der Waals surface area contributed by atoms with Crippen molar-refractivity contribution in [1.29, 1.82) is 0 Å². The smallest absolute Gasteiger partial charge is 0.0193 e. The molecule has 0 heteroatoms. The molecule has 1 aromatic carbocycles. The Morgan fingerprint density at radius 1 is 1.00 bits per heavy atom. The van der Waals surface area contributed by atoms with Crippen LogP contribution in [0.1, 0.15) is 64.0 Å². The van der Waals surface area contributed by atoms with Crippen LogP contribution in [0.4, 0.5) is 0 Å². The largest absolute Gasteiger partial charge is 0.0654 e. The molecule has 0 aliphatic heterocycles. The Kier molecular flexibility index (Phi) is 5.59. The first-order chi connectivity index (χ1) is 7.67. The zero-order valence-corrected chi connectivity index (χ0v) is 11.3. The van der Waals surface area contributed by atoms with Crippen molar-refractivity contribution in [2.45, 2.75) is 59.3 Å². The van der Waals surface area contributed by atoms with Gasteiger partial charge in [0.1, 0.15) is 0 Å². The normalized spacial score (nSPS) is 14.8. The molecular weight excluding hydrogens is 192 g/mol. The second kappa shape index (κ2) is 6.73. The summed E-state index contributed by atoms with van der Waals surface area (Å²) >= 11 is 0. The predicted molar refractivity (Wildman–Crippen MR) is 72.9 cm³/mol. The molecule has 0 amide bonds. The quantitative estimate of drug-likeness (QED) is 0.617. The molecule has 16 heavy (non-hydrogen) atoms. The third-order valence-electron chi connectivity index (χ3n) is 3.53. The molecule has 0 bridgehead atoms. The van der Waals surface area contributed by atoms with Crippen molar-refractivity contribution in [1.82, 2.24) is 0 Å². The summed E-state index contributed by atoms with van der Waals surface area (Å²) < 4.78 is 0. The molecular formula is C16H26. The predicted octanol–water partition coefficient (Wildman–Crippen LogP) is 5.18. The lowest BCUT2D eigenvalue weighted by atomic mass is 9.93. The zero-order valence-electron chi connectivity index (χ0n) is 11.3. The number of benzene rings is 1. The second-order valence-corrected chi connectivity index (χ2v) is 5.15. The maximum absolute atomic E-state index is 2.35. The van der Waals surface area contributed by atoms with Crippen LogP contribution < -0.4 is 0 Å². The van der Waals surface area contributed by atoms with Gasteiger partial charge in [-0.3, -0.25) is 0 Å². The molecule has 90 valence electrons. The van der Waals surface area contributed by atoms with Crippen molar-refractivity contribution in [3.8, 4) is 0 Å². The molecule has 0 saturated carbocycles. The molecule has 0 fully saturated rings. The molecule has 2 atom stereocenters. The van der Waals surface area contributed by atoms with Gasteiger partial charge in [-0.05, 0) is 35.8 Å². The molecule has 2 unspecified atom stereocenters. The van der Waals surface area contributed by atoms with E-state index in [1.807, 2.05) is 0 Å². The van der Waals surface area contributed by atoms with E-state index in [0.29, 0.717) is 5.92 Å². The van der Waals surface area contributed by atoms with E-state index in [1.54, 1.807) is 0 Å². The van der Waals surface area contributed by atoms with Gasteiger partial charge in [0.25, 0.3) is 0 Å². The van der Waals surface area contributed by atoms with E-state index in [0.717, 1.165) is 5.92 Å². The first-order valence-corrected chi connectivity index (χ1v) is 6.76. The van der Waals surface area contributed by atoms with Crippen LogP contribution in [0.25, 0.3) is 0 Å². The van der Waals surface area contributed by atoms with E-state index in [4.69, 9.17) is 0 Å². The second-order valence-electron chi connectivity index (χ2n) is 5.15. The van der Waals surface area contributed by atoms with E-state index in [1.165, 1.54) is 36.8 Å². The van der Waals surface area contributed by atoms with Crippen LogP contribution in [0.15, 0.2) is 24.3 Å². The summed E-state index contributed by atoms with van der Waals surface area (Å²) in [6, 6.07) is 9.24. The van der Waals surface area contributed by atoms with Crippen molar-refractivity contribution in [2.75, 3.05) is 0 Å². The van der Waals surface area contributed by atoms with E-state index >= 15 is 0 Å². The number of hydrogen-bond acceptors (Lipinski definition) is 0. The maximum Gasteiger partial charge on any atom is -0.0193 e. The molecule has 0 radical (unpaired) electrons. The summed E-state index contributed by atoms with van der Waals surface area (Å²) in [7, 11) is 0. The van der Waals surface area contributed by atoms with E-state index in [2.05, 4.69) is 52.0 Å². The first kappa shape index (κ1) is 13.3. The van der Waals surface area contributed by atoms with Gasteiger partial charge in [0.2, 0.25) is 0 Å². The van der Waals surface area contributed by atoms with E-state index < -0.39 is 0 Å². The highest BCUT2D eigenvalue weighted by Gasteiger charge is 2.05. The van der Waals surface area contributed by atoms with Gasteiger partial charge in [-0.1, -0.05) is 64.8 Å². The SMILES string of the molecule is CCCC(C)Cc1ccc(C(C)CC)cc1. The Morgan fingerprint density at radius 2 is 1.62 bits per heavy atom. The molecule has 0 aliphatic rings. The summed E-state index contributed by atoms with van der Waals surface area (Å²) in [5.74, 6) is 1.52. The Hall–Kier alpha value is -0.780. The van der Waals surface area contributed by atoms with Gasteiger partial charge in [-0.25, -0.2) is 0 Å². The number of rotatable bonds is 6. The molecule has 0 heterocycles. The average molecular weight is 218 g/mol. The Morgan fingerprint density at radius 3 is 2.12 bits per heavy atom. The zero-order chi connectivity index (χ0) is 12.0. The van der Waals surface area contributed by atoms with Crippen LogP contribution >= 0.6 is 0 Å². The average Bonchev–Trinajstić information content (AvgIpc) is 2.29. The summed E-state index contributed by atoms with van der Waals surface area (Å²) in [4.78, 5) is 0. The van der Waals surface area contributed by atoms with Gasteiger partial charge < -0.3 is 0 Å². The molecule has 0 spiro atoms. The van der Waals surface area contributed by atoms with Gasteiger partial charge in [0, 0.05) is 0 Å². The van der Waals surface area contributed by atoms with Crippen LogP contribution in [0.3, 0.4) is 0 Å². The van der Waals surface area contributed by atoms with Gasteiger partial charge in [0.15, 0.2) is 0 Å². The van der Waals surface area contributed by atoms with Crippen molar-refractivity contribution in [3.05, 3.63) is 35.4 Å². The first-order valence-electron chi connectivity index (χ1n) is 6.76. The van der Waals surface area contributed by atoms with Crippen molar-refractivity contribution in [2.24, 2.45) is 5.92 Å². The topological polar surface area (TPSA) is 0 Å². The summed E-state index contributed by atoms with van der Waals surface area (Å²) in [6.45, 7) is 9.17. The maximum atomic E-state index is 2.35. The molecule has 0 N–H and O–H groups in total. The Bertz CT molecular complexity index is 283. The third kappa shape index (κ3) is 4.00. The minimum atomic E-state index is 0.696. The van der Waals surface area contributed by atoms with Gasteiger partial charge in [0.05, 0.1) is 0 Å². The van der Waals surface area contributed by atoms with Crippen LogP contribution in [-0.4, -0.2) is 0 Å². The van der Waals surface area contributed by atoms with Crippen LogP contribution in [0, 0.1) is 5.92 Å². The lowest BCUT2D eigenvalue weighted by Gasteiger charge is -2.12. The molecule has 0 aliphatic carbocycles.